The Labute approximate surface area is 67.7 Å². The lowest BCUT2D eigenvalue weighted by Crippen LogP contribution is -2.11. The third kappa shape index (κ3) is 5.70. The van der Waals surface area contributed by atoms with Crippen LogP contribution in [0, 0.1) is 12.5 Å². The van der Waals surface area contributed by atoms with Crippen molar-refractivity contribution in [2.24, 2.45) is 5.92 Å². The minimum absolute atomic E-state index is 0.402. The number of hydrogen-bond acceptors (Lipinski definition) is 3. The summed E-state index contributed by atoms with van der Waals surface area (Å²) in [7, 11) is 0. The predicted molar refractivity (Wildman–Crippen MR) is 41.9 cm³/mol. The summed E-state index contributed by atoms with van der Waals surface area (Å²) in [6, 6.07) is 0. The summed E-state index contributed by atoms with van der Waals surface area (Å²) in [4.78, 5) is 10.6. The van der Waals surface area contributed by atoms with Gasteiger partial charge >= 0.3 is 6.16 Å². The molecule has 0 aromatic heterocycles. The van der Waals surface area contributed by atoms with Crippen LogP contribution in [0.25, 0.3) is 0 Å². The second-order valence-electron chi connectivity index (χ2n) is 2.43. The molecule has 3 nitrogen and oxygen atoms in total. The van der Waals surface area contributed by atoms with Crippen LogP contribution >= 0.6 is 0 Å². The molecule has 0 aliphatic carbocycles. The fraction of sp³-hybridized carbons (Fsp3) is 0.750. The van der Waals surface area contributed by atoms with E-state index >= 15 is 0 Å². The monoisotopic (exact) mass is 159 g/mol. The van der Waals surface area contributed by atoms with Gasteiger partial charge in [-0.05, 0) is 12.8 Å². The normalized spacial score (nSPS) is 12.3. The first-order valence-corrected chi connectivity index (χ1v) is 3.82. The number of carbonyl (C=O) groups excluding carboxylic acids is 1. The Morgan fingerprint density at radius 2 is 2.27 bits per heavy atom. The Morgan fingerprint density at radius 3 is 2.73 bits per heavy atom. The molecule has 0 aromatic carbocycles. The van der Waals surface area contributed by atoms with Crippen molar-refractivity contribution in [2.45, 2.75) is 27.2 Å². The van der Waals surface area contributed by atoms with Crippen LogP contribution in [-0.4, -0.2) is 12.8 Å². The lowest BCUT2D eigenvalue weighted by atomic mass is 10.1. The van der Waals surface area contributed by atoms with Crippen LogP contribution in [-0.2, 0) is 9.47 Å². The van der Waals surface area contributed by atoms with Gasteiger partial charge in [0, 0.05) is 0 Å². The van der Waals surface area contributed by atoms with E-state index in [0.717, 1.165) is 6.42 Å². The van der Waals surface area contributed by atoms with Gasteiger partial charge in [-0.15, -0.1) is 0 Å². The maximum absolute atomic E-state index is 10.6. The van der Waals surface area contributed by atoms with Crippen molar-refractivity contribution < 1.29 is 14.3 Å². The van der Waals surface area contributed by atoms with Crippen LogP contribution < -0.4 is 0 Å². The molecule has 0 fully saturated rings. The maximum Gasteiger partial charge on any atom is 0.508 e. The van der Waals surface area contributed by atoms with Crippen LogP contribution in [0.5, 0.6) is 0 Å². The van der Waals surface area contributed by atoms with E-state index in [4.69, 9.17) is 4.74 Å². The molecule has 0 saturated carbocycles. The fourth-order valence-corrected chi connectivity index (χ4v) is 0.458. The first-order valence-electron chi connectivity index (χ1n) is 3.82. The van der Waals surface area contributed by atoms with E-state index in [2.05, 4.69) is 4.74 Å². The molecule has 0 aliphatic rings. The van der Waals surface area contributed by atoms with Gasteiger partial charge in [-0.2, -0.15) is 0 Å². The summed E-state index contributed by atoms with van der Waals surface area (Å²) >= 11 is 0. The number of ether oxygens (including phenoxy) is 2. The highest BCUT2D eigenvalue weighted by Crippen LogP contribution is 2.01. The standard InChI is InChI=1S/C8H15O3/c1-4-7(3)6-11-8(9)10-5-2/h5,7H,4,6H2,1-3H3. The van der Waals surface area contributed by atoms with Crippen LogP contribution in [0.2, 0.25) is 0 Å². The second kappa shape index (κ2) is 6.01. The smallest absolute Gasteiger partial charge is 0.434 e. The first kappa shape index (κ1) is 10.3. The third-order valence-corrected chi connectivity index (χ3v) is 1.40. The van der Waals surface area contributed by atoms with E-state index in [9.17, 15) is 4.79 Å². The fourth-order valence-electron chi connectivity index (χ4n) is 0.458. The van der Waals surface area contributed by atoms with Crippen molar-refractivity contribution in [2.75, 3.05) is 6.61 Å². The molecule has 3 heteroatoms. The average Bonchev–Trinajstić information content (AvgIpc) is 2.01. The molecule has 0 aliphatic heterocycles. The molecule has 65 valence electrons. The van der Waals surface area contributed by atoms with Gasteiger partial charge in [-0.25, -0.2) is 4.79 Å². The molecule has 0 rings (SSSR count). The molecule has 0 aromatic rings. The zero-order valence-electron chi connectivity index (χ0n) is 7.29. The highest BCUT2D eigenvalue weighted by Gasteiger charge is 2.05. The van der Waals surface area contributed by atoms with Crippen LogP contribution in [0.4, 0.5) is 4.79 Å². The quantitative estimate of drug-likeness (QED) is 0.591. The van der Waals surface area contributed by atoms with Crippen molar-refractivity contribution >= 4 is 6.16 Å². The molecular weight excluding hydrogens is 144 g/mol. The van der Waals surface area contributed by atoms with E-state index in [0.29, 0.717) is 12.5 Å². The topological polar surface area (TPSA) is 35.5 Å². The summed E-state index contributed by atoms with van der Waals surface area (Å²) in [6.45, 7) is 7.43. The SMILES string of the molecule is C[CH]OC(=O)OCC(C)CC. The van der Waals surface area contributed by atoms with Gasteiger partial charge in [0.15, 0.2) is 0 Å². The zero-order chi connectivity index (χ0) is 8.69. The highest BCUT2D eigenvalue weighted by atomic mass is 16.7. The van der Waals surface area contributed by atoms with Crippen LogP contribution in [0.1, 0.15) is 27.2 Å². The Bertz CT molecular complexity index is 112. The van der Waals surface area contributed by atoms with Gasteiger partial charge in [0.05, 0.1) is 6.61 Å². The third-order valence-electron chi connectivity index (χ3n) is 1.40. The van der Waals surface area contributed by atoms with Crippen molar-refractivity contribution in [3.05, 3.63) is 6.61 Å². The molecule has 0 N–H and O–H groups in total. The van der Waals surface area contributed by atoms with Crippen molar-refractivity contribution in [1.82, 2.24) is 0 Å². The van der Waals surface area contributed by atoms with Crippen molar-refractivity contribution in [3.8, 4) is 0 Å². The van der Waals surface area contributed by atoms with E-state index < -0.39 is 6.16 Å². The summed E-state index contributed by atoms with van der Waals surface area (Å²) in [6.07, 6.45) is 0.385. The Hall–Kier alpha value is -0.730. The van der Waals surface area contributed by atoms with E-state index in [1.165, 1.54) is 6.61 Å². The largest absolute Gasteiger partial charge is 0.508 e. The molecule has 11 heavy (non-hydrogen) atoms. The Kier molecular flexibility index (Phi) is 5.61. The summed E-state index contributed by atoms with van der Waals surface area (Å²) in [5.41, 5.74) is 0. The summed E-state index contributed by atoms with van der Waals surface area (Å²) < 4.78 is 9.19. The molecule has 1 radical (unpaired) electrons. The summed E-state index contributed by atoms with van der Waals surface area (Å²) in [5, 5.41) is 0. The van der Waals surface area contributed by atoms with E-state index in [1.54, 1.807) is 6.92 Å². The van der Waals surface area contributed by atoms with Crippen LogP contribution in [0.15, 0.2) is 0 Å². The zero-order valence-corrected chi connectivity index (χ0v) is 7.29. The van der Waals surface area contributed by atoms with E-state index in [-0.39, 0.29) is 0 Å². The highest BCUT2D eigenvalue weighted by molar-refractivity contribution is 5.60. The van der Waals surface area contributed by atoms with Crippen LogP contribution in [0.3, 0.4) is 0 Å². The molecule has 1 unspecified atom stereocenters. The molecular formula is C8H15O3. The van der Waals surface area contributed by atoms with Gasteiger partial charge in [0.1, 0.15) is 6.61 Å². The molecule has 0 spiro atoms. The van der Waals surface area contributed by atoms with Gasteiger partial charge in [-0.3, -0.25) is 0 Å². The lowest BCUT2D eigenvalue weighted by molar-refractivity contribution is 0.0635. The first-order chi connectivity index (χ1) is 5.20. The Balaban J connectivity index is 3.30. The molecule has 1 atom stereocenters. The van der Waals surface area contributed by atoms with Gasteiger partial charge in [0.25, 0.3) is 0 Å². The number of hydrogen-bond donors (Lipinski definition) is 0. The lowest BCUT2D eigenvalue weighted by Gasteiger charge is -2.08. The molecule has 0 bridgehead atoms. The second-order valence-corrected chi connectivity index (χ2v) is 2.43. The predicted octanol–water partition coefficient (Wildman–Crippen LogP) is 2.37. The van der Waals surface area contributed by atoms with Gasteiger partial charge in [-0.1, -0.05) is 20.3 Å². The van der Waals surface area contributed by atoms with E-state index in [1.807, 2.05) is 13.8 Å². The van der Waals surface area contributed by atoms with Crippen molar-refractivity contribution in [3.63, 3.8) is 0 Å². The Morgan fingerprint density at radius 1 is 1.64 bits per heavy atom. The van der Waals surface area contributed by atoms with Gasteiger partial charge < -0.3 is 9.47 Å². The maximum atomic E-state index is 10.6. The summed E-state index contributed by atoms with van der Waals surface area (Å²) in [5.74, 6) is 0.402. The molecule has 0 heterocycles. The number of carbonyl (C=O) groups is 1. The molecule has 0 amide bonds. The van der Waals surface area contributed by atoms with Crippen molar-refractivity contribution in [1.29, 1.82) is 0 Å². The van der Waals surface area contributed by atoms with Gasteiger partial charge in [0.2, 0.25) is 0 Å². The minimum atomic E-state index is -0.618. The minimum Gasteiger partial charge on any atom is -0.434 e. The average molecular weight is 159 g/mol. The number of rotatable bonds is 4. The molecule has 0 saturated heterocycles.